The van der Waals surface area contributed by atoms with E-state index in [1.807, 2.05) is 12.3 Å². The first-order valence-electron chi connectivity index (χ1n) is 13.0. The summed E-state index contributed by atoms with van der Waals surface area (Å²) in [5.41, 5.74) is 9.46. The number of fused-ring (bicyclic) bond motifs is 2. The Bertz CT molecular complexity index is 1890. The number of benzene rings is 6. The first kappa shape index (κ1) is 22.2. The predicted molar refractivity (Wildman–Crippen MR) is 161 cm³/mol. The molecular formula is C37H25N. The molecule has 0 fully saturated rings. The Morgan fingerprint density at radius 1 is 0.316 bits per heavy atom. The van der Waals surface area contributed by atoms with Crippen LogP contribution in [0.1, 0.15) is 0 Å². The summed E-state index contributed by atoms with van der Waals surface area (Å²) < 4.78 is 0. The number of aromatic nitrogens is 1. The second-order valence-corrected chi connectivity index (χ2v) is 9.58. The standard InChI is InChI=1S/C37H25N/c1-4-12-26(13-5-1)35-25-30(22-23-38-35)29-20-21-33-34(24-29)37(28-16-8-3-9-17-28)32-19-11-10-18-31(32)36(33)27-14-6-2-7-15-27/h1-25H. The van der Waals surface area contributed by atoms with Crippen molar-refractivity contribution < 1.29 is 0 Å². The first-order chi connectivity index (χ1) is 18.9. The van der Waals surface area contributed by atoms with Crippen LogP contribution in [0, 0.1) is 0 Å². The summed E-state index contributed by atoms with van der Waals surface area (Å²) in [6.45, 7) is 0. The second kappa shape index (κ2) is 9.46. The normalized spacial score (nSPS) is 11.2. The van der Waals surface area contributed by atoms with E-state index < -0.39 is 0 Å². The molecule has 1 heterocycles. The lowest BCUT2D eigenvalue weighted by Crippen LogP contribution is -1.92. The van der Waals surface area contributed by atoms with Crippen molar-refractivity contribution in [1.82, 2.24) is 4.98 Å². The Labute approximate surface area is 222 Å². The summed E-state index contributed by atoms with van der Waals surface area (Å²) in [4.78, 5) is 4.66. The zero-order valence-electron chi connectivity index (χ0n) is 20.9. The zero-order chi connectivity index (χ0) is 25.3. The van der Waals surface area contributed by atoms with Crippen molar-refractivity contribution in [1.29, 1.82) is 0 Å². The van der Waals surface area contributed by atoms with Gasteiger partial charge in [-0.2, -0.15) is 0 Å². The van der Waals surface area contributed by atoms with Crippen molar-refractivity contribution in [3.63, 3.8) is 0 Å². The number of hydrogen-bond acceptors (Lipinski definition) is 1. The van der Waals surface area contributed by atoms with Crippen molar-refractivity contribution in [3.05, 3.63) is 152 Å². The molecular weight excluding hydrogens is 458 g/mol. The maximum Gasteiger partial charge on any atom is 0.0708 e. The fraction of sp³-hybridized carbons (Fsp3) is 0. The van der Waals surface area contributed by atoms with E-state index in [1.165, 1.54) is 49.4 Å². The van der Waals surface area contributed by atoms with Gasteiger partial charge in [0.25, 0.3) is 0 Å². The molecule has 38 heavy (non-hydrogen) atoms. The smallest absolute Gasteiger partial charge is 0.0708 e. The van der Waals surface area contributed by atoms with Gasteiger partial charge in [-0.3, -0.25) is 4.98 Å². The quantitative estimate of drug-likeness (QED) is 0.227. The van der Waals surface area contributed by atoms with Crippen LogP contribution in [-0.4, -0.2) is 4.98 Å². The van der Waals surface area contributed by atoms with Gasteiger partial charge in [0.15, 0.2) is 0 Å². The van der Waals surface area contributed by atoms with Gasteiger partial charge >= 0.3 is 0 Å². The molecule has 7 rings (SSSR count). The van der Waals surface area contributed by atoms with Crippen LogP contribution in [0.5, 0.6) is 0 Å². The van der Waals surface area contributed by atoms with E-state index in [-0.39, 0.29) is 0 Å². The molecule has 0 N–H and O–H groups in total. The molecule has 0 saturated heterocycles. The maximum atomic E-state index is 4.66. The van der Waals surface area contributed by atoms with Crippen LogP contribution in [0.3, 0.4) is 0 Å². The van der Waals surface area contributed by atoms with Gasteiger partial charge in [-0.1, -0.05) is 127 Å². The lowest BCUT2D eigenvalue weighted by Gasteiger charge is -2.18. The van der Waals surface area contributed by atoms with Gasteiger partial charge in [-0.05, 0) is 73.1 Å². The van der Waals surface area contributed by atoms with Gasteiger partial charge in [0.1, 0.15) is 0 Å². The average molecular weight is 484 g/mol. The first-order valence-corrected chi connectivity index (χ1v) is 13.0. The molecule has 0 bridgehead atoms. The van der Waals surface area contributed by atoms with Gasteiger partial charge in [0, 0.05) is 11.8 Å². The van der Waals surface area contributed by atoms with E-state index in [1.54, 1.807) is 0 Å². The fourth-order valence-corrected chi connectivity index (χ4v) is 5.57. The molecule has 7 aromatic rings. The SMILES string of the molecule is c1ccc(-c2cc(-c3ccc4c(-c5ccccc5)c5ccccc5c(-c5ccccc5)c4c3)ccn2)cc1. The number of hydrogen-bond donors (Lipinski definition) is 0. The summed E-state index contributed by atoms with van der Waals surface area (Å²) >= 11 is 0. The number of rotatable bonds is 4. The van der Waals surface area contributed by atoms with E-state index in [2.05, 4.69) is 145 Å². The highest BCUT2D eigenvalue weighted by Gasteiger charge is 2.17. The third-order valence-electron chi connectivity index (χ3n) is 7.31. The fourth-order valence-electron chi connectivity index (χ4n) is 5.57. The molecule has 0 aliphatic rings. The van der Waals surface area contributed by atoms with Gasteiger partial charge in [-0.15, -0.1) is 0 Å². The Morgan fingerprint density at radius 3 is 1.39 bits per heavy atom. The van der Waals surface area contributed by atoms with Crippen LogP contribution in [0.2, 0.25) is 0 Å². The number of pyridine rings is 1. The minimum Gasteiger partial charge on any atom is -0.256 e. The third kappa shape index (κ3) is 3.86. The molecule has 1 aromatic heterocycles. The van der Waals surface area contributed by atoms with Crippen molar-refractivity contribution >= 4 is 21.5 Å². The lowest BCUT2D eigenvalue weighted by atomic mass is 9.85. The minimum absolute atomic E-state index is 0.981. The minimum atomic E-state index is 0.981. The summed E-state index contributed by atoms with van der Waals surface area (Å²) in [7, 11) is 0. The van der Waals surface area contributed by atoms with Crippen molar-refractivity contribution in [2.75, 3.05) is 0 Å². The highest BCUT2D eigenvalue weighted by atomic mass is 14.7. The molecule has 0 aliphatic heterocycles. The van der Waals surface area contributed by atoms with Crippen LogP contribution in [0.25, 0.3) is 66.2 Å². The van der Waals surface area contributed by atoms with Crippen LogP contribution >= 0.6 is 0 Å². The van der Waals surface area contributed by atoms with E-state index >= 15 is 0 Å². The molecule has 0 radical (unpaired) electrons. The molecule has 0 spiro atoms. The van der Waals surface area contributed by atoms with Crippen LogP contribution in [0.15, 0.2) is 152 Å². The zero-order valence-corrected chi connectivity index (χ0v) is 20.9. The molecule has 0 aliphatic carbocycles. The van der Waals surface area contributed by atoms with Gasteiger partial charge in [-0.25, -0.2) is 0 Å². The highest BCUT2D eigenvalue weighted by molar-refractivity contribution is 6.21. The molecule has 0 saturated carbocycles. The van der Waals surface area contributed by atoms with Gasteiger partial charge < -0.3 is 0 Å². The maximum absolute atomic E-state index is 4.66. The molecule has 178 valence electrons. The van der Waals surface area contributed by atoms with Crippen molar-refractivity contribution in [3.8, 4) is 44.6 Å². The third-order valence-corrected chi connectivity index (χ3v) is 7.31. The molecule has 0 atom stereocenters. The van der Waals surface area contributed by atoms with Gasteiger partial charge in [0.05, 0.1) is 5.69 Å². The molecule has 1 heteroatoms. The summed E-state index contributed by atoms with van der Waals surface area (Å²) in [6, 6.07) is 51.9. The average Bonchev–Trinajstić information content (AvgIpc) is 3.01. The molecule has 0 unspecified atom stereocenters. The van der Waals surface area contributed by atoms with E-state index in [0.29, 0.717) is 0 Å². The number of nitrogens with zero attached hydrogens (tertiary/aromatic N) is 1. The summed E-state index contributed by atoms with van der Waals surface area (Å²) in [5, 5.41) is 5.05. The van der Waals surface area contributed by atoms with E-state index in [9.17, 15) is 0 Å². The topological polar surface area (TPSA) is 12.9 Å². The van der Waals surface area contributed by atoms with E-state index in [4.69, 9.17) is 0 Å². The van der Waals surface area contributed by atoms with Crippen molar-refractivity contribution in [2.45, 2.75) is 0 Å². The van der Waals surface area contributed by atoms with E-state index in [0.717, 1.165) is 16.8 Å². The monoisotopic (exact) mass is 483 g/mol. The lowest BCUT2D eigenvalue weighted by molar-refractivity contribution is 1.33. The largest absolute Gasteiger partial charge is 0.256 e. The van der Waals surface area contributed by atoms with Crippen LogP contribution in [0.4, 0.5) is 0 Å². The summed E-state index contributed by atoms with van der Waals surface area (Å²) in [5.74, 6) is 0. The predicted octanol–water partition coefficient (Wildman–Crippen LogP) is 10.1. The Balaban J connectivity index is 1.55. The van der Waals surface area contributed by atoms with Crippen molar-refractivity contribution in [2.24, 2.45) is 0 Å². The summed E-state index contributed by atoms with van der Waals surface area (Å²) in [6.07, 6.45) is 1.91. The van der Waals surface area contributed by atoms with Gasteiger partial charge in [0.2, 0.25) is 0 Å². The molecule has 0 amide bonds. The molecule has 6 aromatic carbocycles. The molecule has 1 nitrogen and oxygen atoms in total. The van der Waals surface area contributed by atoms with Crippen LogP contribution in [-0.2, 0) is 0 Å². The Morgan fingerprint density at radius 2 is 0.789 bits per heavy atom. The highest BCUT2D eigenvalue weighted by Crippen LogP contribution is 2.44. The Kier molecular flexibility index (Phi) is 5.53. The van der Waals surface area contributed by atoms with Crippen LogP contribution < -0.4 is 0 Å². The Hall–Kier alpha value is -5.01. The second-order valence-electron chi connectivity index (χ2n) is 9.58.